The first kappa shape index (κ1) is 14.4. The van der Waals surface area contributed by atoms with Crippen molar-refractivity contribution in [2.75, 3.05) is 26.4 Å². The van der Waals surface area contributed by atoms with Gasteiger partial charge in [0.15, 0.2) is 0 Å². The summed E-state index contributed by atoms with van der Waals surface area (Å²) >= 11 is 0. The Morgan fingerprint density at radius 2 is 2.11 bits per heavy atom. The van der Waals surface area contributed by atoms with Crippen molar-refractivity contribution in [3.63, 3.8) is 0 Å². The highest BCUT2D eigenvalue weighted by atomic mass is 16.5. The molecule has 0 aromatic heterocycles. The molecule has 0 aliphatic carbocycles. The number of carbonyl (C=O) groups excluding carboxylic acids is 1. The van der Waals surface area contributed by atoms with Gasteiger partial charge in [-0.3, -0.25) is 4.79 Å². The minimum Gasteiger partial charge on any atom is -0.495 e. The van der Waals surface area contributed by atoms with Crippen LogP contribution in [0.25, 0.3) is 0 Å². The van der Waals surface area contributed by atoms with E-state index < -0.39 is 0 Å². The zero-order chi connectivity index (χ0) is 13.7. The van der Waals surface area contributed by atoms with Crippen LogP contribution in [0.1, 0.15) is 30.6 Å². The highest BCUT2D eigenvalue weighted by Gasteiger charge is 2.13. The van der Waals surface area contributed by atoms with Crippen LogP contribution in [0.4, 0.5) is 5.69 Å². The van der Waals surface area contributed by atoms with Crippen molar-refractivity contribution in [1.82, 2.24) is 4.90 Å². The number of rotatable bonds is 5. The van der Waals surface area contributed by atoms with Gasteiger partial charge in [0, 0.05) is 19.2 Å². The first-order valence-electron chi connectivity index (χ1n) is 6.14. The summed E-state index contributed by atoms with van der Waals surface area (Å²) in [5.41, 5.74) is 6.87. The highest BCUT2D eigenvalue weighted by molar-refractivity contribution is 5.95. The monoisotopic (exact) mass is 250 g/mol. The molecular weight excluding hydrogens is 228 g/mol. The maximum atomic E-state index is 12.2. The average Bonchev–Trinajstić information content (AvgIpc) is 2.35. The third kappa shape index (κ3) is 3.65. The summed E-state index contributed by atoms with van der Waals surface area (Å²) in [7, 11) is 3.36. The Balaban J connectivity index is 2.77. The second-order valence-corrected chi connectivity index (χ2v) is 4.87. The standard InChI is InChI=1S/C14H22N2O2/c1-10(2)7-8-16(3)14(17)11-5-6-12(15)13(9-11)18-4/h5-6,9-10H,7-8,15H2,1-4H3. The molecule has 0 aliphatic rings. The molecule has 0 spiro atoms. The fraction of sp³-hybridized carbons (Fsp3) is 0.500. The molecule has 1 rings (SSSR count). The van der Waals surface area contributed by atoms with Crippen LogP contribution < -0.4 is 10.5 Å². The predicted octanol–water partition coefficient (Wildman–Crippen LogP) is 2.40. The van der Waals surface area contributed by atoms with Crippen LogP contribution >= 0.6 is 0 Å². The maximum Gasteiger partial charge on any atom is 0.253 e. The molecule has 4 heteroatoms. The molecule has 0 atom stereocenters. The minimum atomic E-state index is -0.00560. The maximum absolute atomic E-state index is 12.2. The van der Waals surface area contributed by atoms with E-state index in [1.807, 2.05) is 7.05 Å². The molecule has 0 saturated heterocycles. The second kappa shape index (κ2) is 6.28. The molecule has 0 radical (unpaired) electrons. The molecule has 0 bridgehead atoms. The third-order valence-corrected chi connectivity index (χ3v) is 2.87. The molecule has 0 fully saturated rings. The van der Waals surface area contributed by atoms with E-state index in [4.69, 9.17) is 10.5 Å². The average molecular weight is 250 g/mol. The van der Waals surface area contributed by atoms with E-state index in [1.165, 1.54) is 0 Å². The number of nitrogens with two attached hydrogens (primary N) is 1. The van der Waals surface area contributed by atoms with E-state index in [2.05, 4.69) is 13.8 Å². The van der Waals surface area contributed by atoms with Crippen molar-refractivity contribution in [3.8, 4) is 5.75 Å². The van der Waals surface area contributed by atoms with E-state index in [1.54, 1.807) is 30.2 Å². The molecule has 0 heterocycles. The topological polar surface area (TPSA) is 55.6 Å². The summed E-state index contributed by atoms with van der Waals surface area (Å²) in [6, 6.07) is 5.11. The molecule has 2 N–H and O–H groups in total. The minimum absolute atomic E-state index is 0.00560. The van der Waals surface area contributed by atoms with Crippen LogP contribution in [0.15, 0.2) is 18.2 Å². The predicted molar refractivity (Wildman–Crippen MR) is 73.8 cm³/mol. The molecule has 4 nitrogen and oxygen atoms in total. The van der Waals surface area contributed by atoms with Crippen LogP contribution in [-0.2, 0) is 0 Å². The highest BCUT2D eigenvalue weighted by Crippen LogP contribution is 2.22. The Hall–Kier alpha value is -1.71. The first-order valence-corrected chi connectivity index (χ1v) is 6.14. The van der Waals surface area contributed by atoms with E-state index in [-0.39, 0.29) is 5.91 Å². The van der Waals surface area contributed by atoms with Gasteiger partial charge < -0.3 is 15.4 Å². The third-order valence-electron chi connectivity index (χ3n) is 2.87. The van der Waals surface area contributed by atoms with E-state index in [0.717, 1.165) is 13.0 Å². The Morgan fingerprint density at radius 3 is 2.67 bits per heavy atom. The van der Waals surface area contributed by atoms with Gasteiger partial charge in [0.05, 0.1) is 12.8 Å². The Bertz CT molecular complexity index is 416. The number of amides is 1. The lowest BCUT2D eigenvalue weighted by Gasteiger charge is -2.19. The Labute approximate surface area is 109 Å². The van der Waals surface area contributed by atoms with Crippen LogP contribution in [-0.4, -0.2) is 31.5 Å². The number of hydrogen-bond acceptors (Lipinski definition) is 3. The fourth-order valence-corrected chi connectivity index (χ4v) is 1.62. The number of nitrogens with zero attached hydrogens (tertiary/aromatic N) is 1. The molecule has 1 amide bonds. The summed E-state index contributed by atoms with van der Waals surface area (Å²) in [6.07, 6.45) is 0.994. The van der Waals surface area contributed by atoms with Crippen molar-refractivity contribution in [1.29, 1.82) is 0 Å². The van der Waals surface area contributed by atoms with Crippen molar-refractivity contribution in [2.45, 2.75) is 20.3 Å². The van der Waals surface area contributed by atoms with Gasteiger partial charge in [-0.2, -0.15) is 0 Å². The molecule has 1 aromatic carbocycles. The van der Waals surface area contributed by atoms with Gasteiger partial charge in [-0.25, -0.2) is 0 Å². The van der Waals surface area contributed by atoms with Gasteiger partial charge in [0.2, 0.25) is 0 Å². The lowest BCUT2D eigenvalue weighted by Crippen LogP contribution is -2.28. The Kier molecular flexibility index (Phi) is 5.01. The van der Waals surface area contributed by atoms with Gasteiger partial charge in [0.25, 0.3) is 5.91 Å². The number of ether oxygens (including phenoxy) is 1. The van der Waals surface area contributed by atoms with Gasteiger partial charge in [0.1, 0.15) is 5.75 Å². The van der Waals surface area contributed by atoms with Crippen molar-refractivity contribution >= 4 is 11.6 Å². The summed E-state index contributed by atoms with van der Waals surface area (Å²) in [5.74, 6) is 1.12. The van der Waals surface area contributed by atoms with Gasteiger partial charge in [-0.1, -0.05) is 13.8 Å². The van der Waals surface area contributed by atoms with Crippen LogP contribution in [0.3, 0.4) is 0 Å². The normalized spacial score (nSPS) is 10.5. The summed E-state index contributed by atoms with van der Waals surface area (Å²) in [4.78, 5) is 13.9. The summed E-state index contributed by atoms with van der Waals surface area (Å²) < 4.78 is 5.12. The lowest BCUT2D eigenvalue weighted by atomic mass is 10.1. The van der Waals surface area contributed by atoms with Crippen LogP contribution in [0.5, 0.6) is 5.75 Å². The molecule has 1 aromatic rings. The zero-order valence-corrected chi connectivity index (χ0v) is 11.6. The zero-order valence-electron chi connectivity index (χ0n) is 11.6. The Morgan fingerprint density at radius 1 is 1.44 bits per heavy atom. The van der Waals surface area contributed by atoms with Crippen molar-refractivity contribution in [3.05, 3.63) is 23.8 Å². The number of carbonyl (C=O) groups is 1. The number of anilines is 1. The molecule has 18 heavy (non-hydrogen) atoms. The van der Waals surface area contributed by atoms with Crippen molar-refractivity contribution in [2.24, 2.45) is 5.92 Å². The first-order chi connectivity index (χ1) is 8.45. The van der Waals surface area contributed by atoms with Gasteiger partial charge >= 0.3 is 0 Å². The van der Waals surface area contributed by atoms with Crippen LogP contribution in [0.2, 0.25) is 0 Å². The second-order valence-electron chi connectivity index (χ2n) is 4.87. The van der Waals surface area contributed by atoms with E-state index >= 15 is 0 Å². The largest absolute Gasteiger partial charge is 0.495 e. The van der Waals surface area contributed by atoms with Gasteiger partial charge in [-0.05, 0) is 30.5 Å². The summed E-state index contributed by atoms with van der Waals surface area (Å²) in [5, 5.41) is 0. The number of hydrogen-bond donors (Lipinski definition) is 1. The van der Waals surface area contributed by atoms with Gasteiger partial charge in [-0.15, -0.1) is 0 Å². The number of nitrogen functional groups attached to an aromatic ring is 1. The molecule has 0 saturated carbocycles. The van der Waals surface area contributed by atoms with Crippen molar-refractivity contribution < 1.29 is 9.53 Å². The van der Waals surface area contributed by atoms with Crippen LogP contribution in [0, 0.1) is 5.92 Å². The van der Waals surface area contributed by atoms with E-state index in [0.29, 0.717) is 22.9 Å². The molecule has 100 valence electrons. The lowest BCUT2D eigenvalue weighted by molar-refractivity contribution is 0.0789. The summed E-state index contributed by atoms with van der Waals surface area (Å²) in [6.45, 7) is 5.04. The van der Waals surface area contributed by atoms with E-state index in [9.17, 15) is 4.79 Å². The number of benzene rings is 1. The SMILES string of the molecule is COc1cc(C(=O)N(C)CCC(C)C)ccc1N. The smallest absolute Gasteiger partial charge is 0.253 e. The number of methoxy groups -OCH3 is 1. The molecule has 0 unspecified atom stereocenters. The molecular formula is C14H22N2O2. The molecule has 0 aliphatic heterocycles. The fourth-order valence-electron chi connectivity index (χ4n) is 1.62. The quantitative estimate of drug-likeness (QED) is 0.816.